The smallest absolute Gasteiger partial charge is 0.138 e. The van der Waals surface area contributed by atoms with Gasteiger partial charge in [0, 0.05) is 12.4 Å². The SMILES string of the molecule is Clc1cnc(CBr)nc1. The summed E-state index contributed by atoms with van der Waals surface area (Å²) in [4.78, 5) is 7.81. The fourth-order valence-corrected chi connectivity index (χ4v) is 0.795. The lowest BCUT2D eigenvalue weighted by atomic mass is 10.6. The van der Waals surface area contributed by atoms with Crippen molar-refractivity contribution >= 4 is 27.5 Å². The first-order valence-electron chi connectivity index (χ1n) is 2.35. The van der Waals surface area contributed by atoms with Crippen LogP contribution in [0.3, 0.4) is 0 Å². The summed E-state index contributed by atoms with van der Waals surface area (Å²) in [7, 11) is 0. The average Bonchev–Trinajstić information content (AvgIpc) is 1.90. The molecule has 0 aliphatic carbocycles. The molecule has 0 aromatic carbocycles. The van der Waals surface area contributed by atoms with E-state index in [1.807, 2.05) is 0 Å². The van der Waals surface area contributed by atoms with Crippen LogP contribution in [0.25, 0.3) is 0 Å². The molecule has 0 unspecified atom stereocenters. The molecule has 1 heterocycles. The van der Waals surface area contributed by atoms with Gasteiger partial charge in [-0.25, -0.2) is 9.97 Å². The summed E-state index contributed by atoms with van der Waals surface area (Å²) in [6.07, 6.45) is 3.15. The first-order chi connectivity index (χ1) is 4.33. The van der Waals surface area contributed by atoms with Gasteiger partial charge in [0.2, 0.25) is 0 Å². The topological polar surface area (TPSA) is 25.8 Å². The number of hydrogen-bond acceptors (Lipinski definition) is 2. The molecule has 1 aromatic heterocycles. The van der Waals surface area contributed by atoms with E-state index in [0.29, 0.717) is 10.4 Å². The molecule has 0 fully saturated rings. The van der Waals surface area contributed by atoms with E-state index in [0.717, 1.165) is 5.82 Å². The summed E-state index contributed by atoms with van der Waals surface area (Å²) >= 11 is 8.74. The average molecular weight is 207 g/mol. The third-order valence-corrected chi connectivity index (χ3v) is 1.49. The van der Waals surface area contributed by atoms with Gasteiger partial charge in [0.15, 0.2) is 0 Å². The molecule has 0 saturated heterocycles. The van der Waals surface area contributed by atoms with E-state index in [9.17, 15) is 0 Å². The second-order valence-electron chi connectivity index (χ2n) is 1.45. The Morgan fingerprint density at radius 2 is 2.00 bits per heavy atom. The van der Waals surface area contributed by atoms with Crippen molar-refractivity contribution in [1.82, 2.24) is 9.97 Å². The Balaban J connectivity index is 2.88. The quantitative estimate of drug-likeness (QED) is 0.659. The van der Waals surface area contributed by atoms with Crippen LogP contribution in [0, 0.1) is 0 Å². The van der Waals surface area contributed by atoms with Gasteiger partial charge in [0.25, 0.3) is 0 Å². The van der Waals surface area contributed by atoms with Crippen molar-refractivity contribution in [3.05, 3.63) is 23.2 Å². The predicted octanol–water partition coefficient (Wildman–Crippen LogP) is 2.02. The molecule has 0 saturated carbocycles. The minimum absolute atomic E-state index is 0.569. The van der Waals surface area contributed by atoms with Crippen molar-refractivity contribution < 1.29 is 0 Å². The summed E-state index contributed by atoms with van der Waals surface area (Å²) < 4.78 is 0. The van der Waals surface area contributed by atoms with Gasteiger partial charge in [-0.3, -0.25) is 0 Å². The van der Waals surface area contributed by atoms with Crippen LogP contribution in [-0.2, 0) is 5.33 Å². The molecule has 0 spiro atoms. The molecule has 2 nitrogen and oxygen atoms in total. The zero-order valence-electron chi connectivity index (χ0n) is 4.51. The van der Waals surface area contributed by atoms with Crippen LogP contribution in [-0.4, -0.2) is 9.97 Å². The standard InChI is InChI=1S/C5H4BrClN2/c6-1-5-8-2-4(7)3-9-5/h2-3H,1H2. The first-order valence-corrected chi connectivity index (χ1v) is 3.85. The van der Waals surface area contributed by atoms with Crippen molar-refractivity contribution in [1.29, 1.82) is 0 Å². The minimum atomic E-state index is 0.569. The Bertz CT molecular complexity index is 187. The highest BCUT2D eigenvalue weighted by Gasteiger charge is 1.90. The number of aromatic nitrogens is 2. The van der Waals surface area contributed by atoms with E-state index in [1.54, 1.807) is 12.4 Å². The van der Waals surface area contributed by atoms with Crippen LogP contribution in [0.2, 0.25) is 5.02 Å². The summed E-state index contributed by atoms with van der Waals surface area (Å²) in [5.41, 5.74) is 0. The van der Waals surface area contributed by atoms with Gasteiger partial charge in [0.1, 0.15) is 5.82 Å². The van der Waals surface area contributed by atoms with E-state index in [2.05, 4.69) is 25.9 Å². The molecule has 0 amide bonds. The Morgan fingerprint density at radius 3 is 2.44 bits per heavy atom. The maximum atomic E-state index is 5.53. The van der Waals surface area contributed by atoms with Crippen LogP contribution in [0.1, 0.15) is 5.82 Å². The van der Waals surface area contributed by atoms with Gasteiger partial charge < -0.3 is 0 Å². The zero-order valence-corrected chi connectivity index (χ0v) is 6.85. The summed E-state index contributed by atoms with van der Waals surface area (Å²) in [6.45, 7) is 0. The molecule has 1 aromatic rings. The lowest BCUT2D eigenvalue weighted by Crippen LogP contribution is -1.87. The Hall–Kier alpha value is -0.150. The lowest BCUT2D eigenvalue weighted by molar-refractivity contribution is 1.04. The van der Waals surface area contributed by atoms with Gasteiger partial charge >= 0.3 is 0 Å². The molecule has 4 heteroatoms. The predicted molar refractivity (Wildman–Crippen MR) is 39.7 cm³/mol. The number of nitrogens with zero attached hydrogens (tertiary/aromatic N) is 2. The highest BCUT2D eigenvalue weighted by atomic mass is 79.9. The molecular formula is C5H4BrClN2. The van der Waals surface area contributed by atoms with Gasteiger partial charge in [-0.15, -0.1) is 0 Å². The summed E-state index contributed by atoms with van der Waals surface area (Å²) in [5.74, 6) is 0.749. The van der Waals surface area contributed by atoms with E-state index < -0.39 is 0 Å². The zero-order chi connectivity index (χ0) is 6.69. The number of halogens is 2. The van der Waals surface area contributed by atoms with Crippen molar-refractivity contribution in [2.75, 3.05) is 0 Å². The molecular weight excluding hydrogens is 203 g/mol. The molecule has 0 radical (unpaired) electrons. The third kappa shape index (κ3) is 1.91. The normalized spacial score (nSPS) is 9.56. The Kier molecular flexibility index (Phi) is 2.42. The molecule has 0 N–H and O–H groups in total. The van der Waals surface area contributed by atoms with E-state index in [-0.39, 0.29) is 0 Å². The molecule has 0 aliphatic heterocycles. The van der Waals surface area contributed by atoms with Crippen molar-refractivity contribution in [2.24, 2.45) is 0 Å². The van der Waals surface area contributed by atoms with E-state index >= 15 is 0 Å². The fourth-order valence-electron chi connectivity index (χ4n) is 0.408. The van der Waals surface area contributed by atoms with Gasteiger partial charge in [-0.1, -0.05) is 27.5 Å². The van der Waals surface area contributed by atoms with Gasteiger partial charge in [-0.05, 0) is 0 Å². The number of alkyl halides is 1. The van der Waals surface area contributed by atoms with Crippen LogP contribution in [0.5, 0.6) is 0 Å². The summed E-state index contributed by atoms with van der Waals surface area (Å²) in [5, 5.41) is 1.24. The molecule has 9 heavy (non-hydrogen) atoms. The van der Waals surface area contributed by atoms with Crippen molar-refractivity contribution in [3.8, 4) is 0 Å². The van der Waals surface area contributed by atoms with Crippen molar-refractivity contribution in [3.63, 3.8) is 0 Å². The van der Waals surface area contributed by atoms with Crippen molar-refractivity contribution in [2.45, 2.75) is 5.33 Å². The number of rotatable bonds is 1. The van der Waals surface area contributed by atoms with Crippen LogP contribution >= 0.6 is 27.5 Å². The van der Waals surface area contributed by atoms with Crippen LogP contribution in [0.4, 0.5) is 0 Å². The third-order valence-electron chi connectivity index (χ3n) is 0.793. The first kappa shape index (κ1) is 6.96. The van der Waals surface area contributed by atoms with Crippen LogP contribution in [0.15, 0.2) is 12.4 Å². The monoisotopic (exact) mass is 206 g/mol. The molecule has 48 valence electrons. The van der Waals surface area contributed by atoms with Crippen LogP contribution < -0.4 is 0 Å². The maximum Gasteiger partial charge on any atom is 0.138 e. The second-order valence-corrected chi connectivity index (χ2v) is 2.45. The molecule has 0 bridgehead atoms. The Morgan fingerprint density at radius 1 is 1.44 bits per heavy atom. The lowest BCUT2D eigenvalue weighted by Gasteiger charge is -1.90. The maximum absolute atomic E-state index is 5.53. The molecule has 0 aliphatic rings. The van der Waals surface area contributed by atoms with Gasteiger partial charge in [-0.2, -0.15) is 0 Å². The summed E-state index contributed by atoms with van der Waals surface area (Å²) in [6, 6.07) is 0. The fraction of sp³-hybridized carbons (Fsp3) is 0.200. The second kappa shape index (κ2) is 3.13. The Labute approximate surface area is 66.4 Å². The minimum Gasteiger partial charge on any atom is -0.239 e. The largest absolute Gasteiger partial charge is 0.239 e. The highest BCUT2D eigenvalue weighted by molar-refractivity contribution is 9.08. The number of hydrogen-bond donors (Lipinski definition) is 0. The highest BCUT2D eigenvalue weighted by Crippen LogP contribution is 2.04. The van der Waals surface area contributed by atoms with Gasteiger partial charge in [0.05, 0.1) is 10.4 Å². The molecule has 0 atom stereocenters. The van der Waals surface area contributed by atoms with E-state index in [1.165, 1.54) is 0 Å². The molecule has 1 rings (SSSR count). The van der Waals surface area contributed by atoms with E-state index in [4.69, 9.17) is 11.6 Å².